The Morgan fingerprint density at radius 1 is 1.00 bits per heavy atom. The first-order valence-electron chi connectivity index (χ1n) is 7.37. The van der Waals surface area contributed by atoms with Crippen molar-refractivity contribution in [2.45, 2.75) is 19.5 Å². The number of hydrogen-bond donors (Lipinski definition) is 1. The van der Waals surface area contributed by atoms with Gasteiger partial charge >= 0.3 is 0 Å². The van der Waals surface area contributed by atoms with Gasteiger partial charge in [-0.25, -0.2) is 0 Å². The lowest BCUT2D eigenvalue weighted by Crippen LogP contribution is -2.37. The zero-order valence-electron chi connectivity index (χ0n) is 12.0. The van der Waals surface area contributed by atoms with Crippen molar-refractivity contribution in [2.75, 3.05) is 6.54 Å². The van der Waals surface area contributed by atoms with Gasteiger partial charge in [-0.1, -0.05) is 54.6 Å². The maximum absolute atomic E-state index is 12.7. The van der Waals surface area contributed by atoms with E-state index in [1.807, 2.05) is 35.2 Å². The van der Waals surface area contributed by atoms with Crippen molar-refractivity contribution in [1.29, 1.82) is 0 Å². The van der Waals surface area contributed by atoms with Crippen molar-refractivity contribution < 1.29 is 4.79 Å². The molecular weight excluding hydrogens is 260 g/mol. The van der Waals surface area contributed by atoms with Crippen LogP contribution in [0, 0.1) is 5.92 Å². The summed E-state index contributed by atoms with van der Waals surface area (Å²) in [7, 11) is 0. The number of rotatable bonds is 4. The van der Waals surface area contributed by atoms with Crippen molar-refractivity contribution >= 4 is 5.91 Å². The van der Waals surface area contributed by atoms with E-state index in [4.69, 9.17) is 5.73 Å². The van der Waals surface area contributed by atoms with Crippen LogP contribution >= 0.6 is 0 Å². The first kappa shape index (κ1) is 13.8. The molecule has 1 aliphatic heterocycles. The summed E-state index contributed by atoms with van der Waals surface area (Å²) in [5, 5.41) is 0. The minimum Gasteiger partial charge on any atom is -0.334 e. The molecule has 0 saturated carbocycles. The van der Waals surface area contributed by atoms with E-state index in [1.165, 1.54) is 11.1 Å². The van der Waals surface area contributed by atoms with Crippen LogP contribution in [0.25, 0.3) is 0 Å². The number of nitrogens with zero attached hydrogens (tertiary/aromatic N) is 1. The van der Waals surface area contributed by atoms with E-state index in [1.54, 1.807) is 0 Å². The molecule has 0 spiro atoms. The largest absolute Gasteiger partial charge is 0.334 e. The maximum Gasteiger partial charge on any atom is 0.227 e. The van der Waals surface area contributed by atoms with Crippen LogP contribution in [0.1, 0.15) is 16.7 Å². The number of benzene rings is 2. The molecule has 1 heterocycles. The molecule has 0 aromatic heterocycles. The number of hydrogen-bond acceptors (Lipinski definition) is 2. The summed E-state index contributed by atoms with van der Waals surface area (Å²) in [6, 6.07) is 18.3. The van der Waals surface area contributed by atoms with Crippen LogP contribution in [0.5, 0.6) is 0 Å². The summed E-state index contributed by atoms with van der Waals surface area (Å²) in [6.07, 6.45) is 0.711. The van der Waals surface area contributed by atoms with Gasteiger partial charge in [0.1, 0.15) is 0 Å². The molecule has 3 heteroatoms. The third-order valence-corrected chi connectivity index (χ3v) is 4.11. The molecule has 2 aromatic carbocycles. The second-order valence-electron chi connectivity index (χ2n) is 5.59. The molecule has 0 radical (unpaired) electrons. The molecule has 0 saturated heterocycles. The van der Waals surface area contributed by atoms with Crippen LogP contribution in [-0.4, -0.2) is 17.4 Å². The van der Waals surface area contributed by atoms with Crippen LogP contribution in [0.4, 0.5) is 0 Å². The van der Waals surface area contributed by atoms with Gasteiger partial charge in [0.15, 0.2) is 0 Å². The highest BCUT2D eigenvalue weighted by Gasteiger charge is 2.28. The van der Waals surface area contributed by atoms with Crippen molar-refractivity contribution in [3.8, 4) is 0 Å². The summed E-state index contributed by atoms with van der Waals surface area (Å²) in [5.74, 6) is 0.0271. The average molecular weight is 280 g/mol. The minimum atomic E-state index is -0.137. The molecule has 21 heavy (non-hydrogen) atoms. The Morgan fingerprint density at radius 3 is 2.14 bits per heavy atom. The molecule has 3 nitrogen and oxygen atoms in total. The van der Waals surface area contributed by atoms with Gasteiger partial charge in [0.25, 0.3) is 0 Å². The Labute approximate surface area is 125 Å². The third-order valence-electron chi connectivity index (χ3n) is 4.11. The average Bonchev–Trinajstić information content (AvgIpc) is 2.97. The van der Waals surface area contributed by atoms with Gasteiger partial charge < -0.3 is 10.6 Å². The maximum atomic E-state index is 12.7. The van der Waals surface area contributed by atoms with E-state index in [2.05, 4.69) is 24.3 Å². The molecule has 2 N–H and O–H groups in total. The van der Waals surface area contributed by atoms with Crippen molar-refractivity contribution in [1.82, 2.24) is 4.90 Å². The number of nitrogens with two attached hydrogens (primary N) is 1. The fraction of sp³-hybridized carbons (Fsp3) is 0.278. The third kappa shape index (κ3) is 2.98. The predicted octanol–water partition coefficient (Wildman–Crippen LogP) is 2.35. The first-order valence-corrected chi connectivity index (χ1v) is 7.37. The Bertz CT molecular complexity index is 599. The van der Waals surface area contributed by atoms with E-state index in [0.29, 0.717) is 26.1 Å². The van der Waals surface area contributed by atoms with Crippen LogP contribution < -0.4 is 5.73 Å². The van der Waals surface area contributed by atoms with Crippen molar-refractivity contribution in [3.05, 3.63) is 71.3 Å². The molecule has 1 unspecified atom stereocenters. The van der Waals surface area contributed by atoms with Crippen LogP contribution in [0.15, 0.2) is 54.6 Å². The van der Waals surface area contributed by atoms with Gasteiger partial charge in [-0.05, 0) is 23.1 Å². The minimum absolute atomic E-state index is 0.137. The number of carbonyl (C=O) groups excluding carboxylic acids is 1. The number of carbonyl (C=O) groups is 1. The van der Waals surface area contributed by atoms with Gasteiger partial charge in [-0.15, -0.1) is 0 Å². The zero-order chi connectivity index (χ0) is 14.7. The Hall–Kier alpha value is -2.13. The summed E-state index contributed by atoms with van der Waals surface area (Å²) in [4.78, 5) is 14.6. The molecule has 1 amide bonds. The van der Waals surface area contributed by atoms with E-state index in [9.17, 15) is 4.79 Å². The van der Waals surface area contributed by atoms with Gasteiger partial charge in [0, 0.05) is 19.6 Å². The van der Waals surface area contributed by atoms with Crippen LogP contribution in [0.3, 0.4) is 0 Å². The quantitative estimate of drug-likeness (QED) is 0.934. The SMILES string of the molecule is NCC(Cc1ccccc1)C(=O)N1Cc2ccccc2C1. The summed E-state index contributed by atoms with van der Waals surface area (Å²) in [5.41, 5.74) is 9.51. The normalized spacial score (nSPS) is 14.8. The molecule has 3 rings (SSSR count). The predicted molar refractivity (Wildman–Crippen MR) is 83.4 cm³/mol. The molecule has 0 fully saturated rings. The number of fused-ring (bicyclic) bond motifs is 1. The molecule has 1 aliphatic rings. The lowest BCUT2D eigenvalue weighted by molar-refractivity contribution is -0.135. The summed E-state index contributed by atoms with van der Waals surface area (Å²) < 4.78 is 0. The van der Waals surface area contributed by atoms with E-state index >= 15 is 0 Å². The van der Waals surface area contributed by atoms with Crippen LogP contribution in [0.2, 0.25) is 0 Å². The lowest BCUT2D eigenvalue weighted by atomic mass is 9.98. The van der Waals surface area contributed by atoms with Gasteiger partial charge in [0.2, 0.25) is 5.91 Å². The molecule has 108 valence electrons. The molecule has 2 aromatic rings. The fourth-order valence-electron chi connectivity index (χ4n) is 2.92. The van der Waals surface area contributed by atoms with E-state index in [0.717, 1.165) is 5.56 Å². The Morgan fingerprint density at radius 2 is 1.57 bits per heavy atom. The topological polar surface area (TPSA) is 46.3 Å². The highest BCUT2D eigenvalue weighted by Crippen LogP contribution is 2.24. The smallest absolute Gasteiger partial charge is 0.227 e. The first-order chi connectivity index (χ1) is 10.3. The summed E-state index contributed by atoms with van der Waals surface area (Å²) >= 11 is 0. The standard InChI is InChI=1S/C18H20N2O/c19-11-17(10-14-6-2-1-3-7-14)18(21)20-12-15-8-4-5-9-16(15)13-20/h1-9,17H,10-13,19H2. The molecule has 0 bridgehead atoms. The zero-order valence-corrected chi connectivity index (χ0v) is 12.0. The van der Waals surface area contributed by atoms with Crippen molar-refractivity contribution in [3.63, 3.8) is 0 Å². The van der Waals surface area contributed by atoms with E-state index in [-0.39, 0.29) is 11.8 Å². The molecule has 0 aliphatic carbocycles. The molecule has 1 atom stereocenters. The monoisotopic (exact) mass is 280 g/mol. The fourth-order valence-corrected chi connectivity index (χ4v) is 2.92. The Balaban J connectivity index is 1.70. The van der Waals surface area contributed by atoms with Gasteiger partial charge in [0.05, 0.1) is 5.92 Å². The van der Waals surface area contributed by atoms with Crippen LogP contribution in [-0.2, 0) is 24.3 Å². The number of amides is 1. The second-order valence-corrected chi connectivity index (χ2v) is 5.59. The van der Waals surface area contributed by atoms with Gasteiger partial charge in [-0.3, -0.25) is 4.79 Å². The highest BCUT2D eigenvalue weighted by atomic mass is 16.2. The lowest BCUT2D eigenvalue weighted by Gasteiger charge is -2.22. The molecular formula is C18H20N2O. The Kier molecular flexibility index (Phi) is 4.02. The van der Waals surface area contributed by atoms with E-state index < -0.39 is 0 Å². The highest BCUT2D eigenvalue weighted by molar-refractivity contribution is 5.80. The van der Waals surface area contributed by atoms with Crippen molar-refractivity contribution in [2.24, 2.45) is 11.7 Å². The van der Waals surface area contributed by atoms with Gasteiger partial charge in [-0.2, -0.15) is 0 Å². The second kappa shape index (κ2) is 6.10. The summed E-state index contributed by atoms with van der Waals surface area (Å²) in [6.45, 7) is 1.81.